The quantitative estimate of drug-likeness (QED) is 0.203. The van der Waals surface area contributed by atoms with Crippen LogP contribution in [0.4, 0.5) is 0 Å². The van der Waals surface area contributed by atoms with E-state index in [2.05, 4.69) is 90.2 Å². The van der Waals surface area contributed by atoms with Crippen LogP contribution in [0.25, 0.3) is 10.8 Å². The van der Waals surface area contributed by atoms with Crippen molar-refractivity contribution in [2.75, 3.05) is 0 Å². The summed E-state index contributed by atoms with van der Waals surface area (Å²) in [5.41, 5.74) is 3.58. The lowest BCUT2D eigenvalue weighted by Gasteiger charge is -2.57. The lowest BCUT2D eigenvalue weighted by Crippen LogP contribution is -2.50. The maximum Gasteiger partial charge on any atom is 0.302 e. The Hall–Kier alpha value is -2.88. The molecule has 0 radical (unpaired) electrons. The minimum Gasteiger partial charge on any atom is -0.462 e. The molecule has 3 aromatic rings. The van der Waals surface area contributed by atoms with Crippen molar-refractivity contribution in [1.82, 2.24) is 4.57 Å². The average molecular weight is 524 g/mol. The minimum atomic E-state index is -0.132. The number of hydrogen-bond acceptors (Lipinski definition) is 2. The standard InChI is InChI=1S/C35H43N2O2/c1-24(38)39-29-14-16-34(2)28(21-29)10-11-30-31-12-13-33(35(31,3)17-15-32(30)34)37-19-18-36(23-37)22-25-8-9-26-6-4-5-7-27(26)20-25/h4-10,18-20,23,29-33H,11-17,21-22H2,1-3H3/q+1/t29-,30-,31-,32-,33-,34-,35-/m0/s1. The van der Waals surface area contributed by atoms with Crippen LogP contribution in [0.1, 0.15) is 83.7 Å². The van der Waals surface area contributed by atoms with Gasteiger partial charge in [-0.15, -0.1) is 0 Å². The monoisotopic (exact) mass is 523 g/mol. The van der Waals surface area contributed by atoms with Crippen LogP contribution >= 0.6 is 0 Å². The molecule has 0 aliphatic heterocycles. The summed E-state index contributed by atoms with van der Waals surface area (Å²) >= 11 is 0. The van der Waals surface area contributed by atoms with Gasteiger partial charge in [-0.25, -0.2) is 9.13 Å². The van der Waals surface area contributed by atoms with Gasteiger partial charge >= 0.3 is 5.97 Å². The van der Waals surface area contributed by atoms with E-state index in [-0.39, 0.29) is 17.5 Å². The van der Waals surface area contributed by atoms with E-state index in [0.717, 1.165) is 43.6 Å². The fraction of sp³-hybridized carbons (Fsp3) is 0.543. The molecule has 2 aromatic carbocycles. The van der Waals surface area contributed by atoms with Crippen LogP contribution in [0.2, 0.25) is 0 Å². The van der Waals surface area contributed by atoms with Crippen molar-refractivity contribution >= 4 is 16.7 Å². The number of esters is 1. The van der Waals surface area contributed by atoms with Gasteiger partial charge in [-0.3, -0.25) is 4.79 Å². The van der Waals surface area contributed by atoms with Gasteiger partial charge in [0.15, 0.2) is 0 Å². The molecule has 39 heavy (non-hydrogen) atoms. The van der Waals surface area contributed by atoms with Crippen LogP contribution < -0.4 is 4.57 Å². The summed E-state index contributed by atoms with van der Waals surface area (Å²) in [5, 5.41) is 2.62. The molecule has 4 heteroatoms. The Balaban J connectivity index is 1.09. The van der Waals surface area contributed by atoms with Gasteiger partial charge in [0.05, 0.1) is 0 Å². The van der Waals surface area contributed by atoms with Crippen molar-refractivity contribution in [3.8, 4) is 0 Å². The number of imidazole rings is 1. The van der Waals surface area contributed by atoms with Crippen LogP contribution in [0.5, 0.6) is 0 Å². The zero-order valence-electron chi connectivity index (χ0n) is 23.8. The van der Waals surface area contributed by atoms with Crippen molar-refractivity contribution < 1.29 is 14.1 Å². The second-order valence-corrected chi connectivity index (χ2v) is 13.6. The van der Waals surface area contributed by atoms with Gasteiger partial charge in [-0.1, -0.05) is 61.9 Å². The van der Waals surface area contributed by atoms with E-state index in [1.807, 2.05) is 0 Å². The molecular weight excluding hydrogens is 480 g/mol. The third-order valence-electron chi connectivity index (χ3n) is 11.6. The lowest BCUT2D eigenvalue weighted by atomic mass is 9.48. The smallest absolute Gasteiger partial charge is 0.302 e. The lowest BCUT2D eigenvalue weighted by molar-refractivity contribution is -0.688. The van der Waals surface area contributed by atoms with Gasteiger partial charge in [0, 0.05) is 18.8 Å². The van der Waals surface area contributed by atoms with Gasteiger partial charge < -0.3 is 4.74 Å². The Morgan fingerprint density at radius 1 is 1.03 bits per heavy atom. The second-order valence-electron chi connectivity index (χ2n) is 13.6. The van der Waals surface area contributed by atoms with E-state index in [1.165, 1.54) is 48.4 Å². The van der Waals surface area contributed by atoms with E-state index in [9.17, 15) is 4.79 Å². The Morgan fingerprint density at radius 3 is 2.72 bits per heavy atom. The molecule has 0 spiro atoms. The molecule has 0 N–H and O–H groups in total. The number of hydrogen-bond donors (Lipinski definition) is 0. The van der Waals surface area contributed by atoms with Crippen LogP contribution in [0.15, 0.2) is 72.8 Å². The second kappa shape index (κ2) is 9.35. The first-order valence-corrected chi connectivity index (χ1v) is 15.2. The number of benzene rings is 2. The number of allylic oxidation sites excluding steroid dienone is 1. The largest absolute Gasteiger partial charge is 0.462 e. The third kappa shape index (κ3) is 4.17. The zero-order valence-corrected chi connectivity index (χ0v) is 23.8. The molecule has 0 bridgehead atoms. The molecule has 204 valence electrons. The first-order chi connectivity index (χ1) is 18.8. The van der Waals surface area contributed by atoms with Crippen LogP contribution in [0, 0.1) is 28.6 Å². The summed E-state index contributed by atoms with van der Waals surface area (Å²) in [5.74, 6) is 2.22. The molecule has 7 atom stereocenters. The Bertz CT molecular complexity index is 1440. The van der Waals surface area contributed by atoms with Gasteiger partial charge in [-0.05, 0) is 90.5 Å². The Morgan fingerprint density at radius 2 is 1.87 bits per heavy atom. The van der Waals surface area contributed by atoms with Crippen molar-refractivity contribution in [3.63, 3.8) is 0 Å². The highest BCUT2D eigenvalue weighted by Crippen LogP contribution is 2.67. The summed E-state index contributed by atoms with van der Waals surface area (Å²) in [6, 6.07) is 16.1. The van der Waals surface area contributed by atoms with E-state index in [4.69, 9.17) is 4.74 Å². The van der Waals surface area contributed by atoms with E-state index in [1.54, 1.807) is 12.5 Å². The number of nitrogens with zero attached hydrogens (tertiary/aromatic N) is 2. The molecule has 4 nitrogen and oxygen atoms in total. The maximum absolute atomic E-state index is 11.6. The zero-order chi connectivity index (χ0) is 26.8. The summed E-state index contributed by atoms with van der Waals surface area (Å²) in [6.07, 6.45) is 19.3. The molecule has 3 fully saturated rings. The molecule has 0 amide bonds. The molecule has 1 aromatic heterocycles. The van der Waals surface area contributed by atoms with E-state index in [0.29, 0.717) is 11.5 Å². The molecule has 0 unspecified atom stereocenters. The Kier molecular flexibility index (Phi) is 6.02. The van der Waals surface area contributed by atoms with Gasteiger partial charge in [-0.2, -0.15) is 0 Å². The highest BCUT2D eigenvalue weighted by molar-refractivity contribution is 5.82. The number of ether oxygens (including phenoxy) is 1. The number of aromatic nitrogens is 2. The number of carbonyl (C=O) groups excluding carboxylic acids is 1. The van der Waals surface area contributed by atoms with Gasteiger partial charge in [0.2, 0.25) is 6.33 Å². The molecule has 0 saturated heterocycles. The molecular formula is C35H43N2O2+. The van der Waals surface area contributed by atoms with Crippen molar-refractivity contribution in [2.24, 2.45) is 28.6 Å². The molecule has 4 aliphatic rings. The number of fused-ring (bicyclic) bond motifs is 6. The summed E-state index contributed by atoms with van der Waals surface area (Å²) < 4.78 is 10.6. The summed E-state index contributed by atoms with van der Waals surface area (Å²) in [6.45, 7) is 7.61. The molecule has 3 saturated carbocycles. The fourth-order valence-corrected chi connectivity index (χ4v) is 9.66. The summed E-state index contributed by atoms with van der Waals surface area (Å²) in [4.78, 5) is 11.6. The fourth-order valence-electron chi connectivity index (χ4n) is 9.66. The van der Waals surface area contributed by atoms with Crippen molar-refractivity contribution in [2.45, 2.75) is 90.8 Å². The number of carbonyl (C=O) groups is 1. The molecule has 4 aliphatic carbocycles. The Labute approximate surface area is 233 Å². The first-order valence-electron chi connectivity index (χ1n) is 15.2. The van der Waals surface area contributed by atoms with Crippen LogP contribution in [-0.2, 0) is 16.1 Å². The van der Waals surface area contributed by atoms with Crippen molar-refractivity contribution in [3.05, 3.63) is 78.4 Å². The minimum absolute atomic E-state index is 0.0816. The topological polar surface area (TPSA) is 35.1 Å². The molecule has 7 rings (SSSR count). The van der Waals surface area contributed by atoms with Crippen molar-refractivity contribution in [1.29, 1.82) is 0 Å². The number of rotatable bonds is 4. The van der Waals surface area contributed by atoms with Gasteiger partial charge in [0.25, 0.3) is 0 Å². The summed E-state index contributed by atoms with van der Waals surface area (Å²) in [7, 11) is 0. The third-order valence-corrected chi connectivity index (χ3v) is 11.6. The molecule has 1 heterocycles. The first kappa shape index (κ1) is 25.1. The van der Waals surface area contributed by atoms with E-state index < -0.39 is 0 Å². The highest BCUT2D eigenvalue weighted by Gasteiger charge is 2.60. The van der Waals surface area contributed by atoms with E-state index >= 15 is 0 Å². The normalized spacial score (nSPS) is 35.6. The highest BCUT2D eigenvalue weighted by atomic mass is 16.5. The van der Waals surface area contributed by atoms with Crippen LogP contribution in [0.3, 0.4) is 0 Å². The van der Waals surface area contributed by atoms with Gasteiger partial charge in [0.1, 0.15) is 31.1 Å². The average Bonchev–Trinajstić information content (AvgIpc) is 3.52. The predicted octanol–water partition coefficient (Wildman–Crippen LogP) is 7.41. The predicted molar refractivity (Wildman–Crippen MR) is 154 cm³/mol. The maximum atomic E-state index is 11.6. The SMILES string of the molecule is CC(=O)O[C@H]1CC[C@@]2(C)C(=CC[C@H]3[C@@H]4CC[C@H](n5cc[n+](Cc6ccc7ccccc7c6)c5)[C@@]4(C)CC[C@@H]32)C1. The van der Waals surface area contributed by atoms with Crippen LogP contribution in [-0.4, -0.2) is 16.6 Å².